The number of benzene rings is 1. The first-order valence-electron chi connectivity index (χ1n) is 10.6. The summed E-state index contributed by atoms with van der Waals surface area (Å²) in [5, 5.41) is 3.41. The van der Waals surface area contributed by atoms with Gasteiger partial charge in [-0.3, -0.25) is 4.99 Å². The second-order valence-electron chi connectivity index (χ2n) is 7.36. The number of likely N-dealkylation sites (N-methyl/N-ethyl adjacent to an activating group) is 2. The summed E-state index contributed by atoms with van der Waals surface area (Å²) in [5.74, 6) is 2.62. The number of aliphatic imine (C=N–C) groups is 1. The number of hydrogen-bond donors (Lipinski definition) is 1. The summed E-state index contributed by atoms with van der Waals surface area (Å²) < 4.78 is 11.6. The molecule has 0 heterocycles. The minimum atomic E-state index is 0.722. The number of nitrogens with zero attached hydrogens (tertiary/aromatic N) is 3. The Kier molecular flexibility index (Phi) is 10.1. The molecule has 0 atom stereocenters. The smallest absolute Gasteiger partial charge is 0.193 e. The lowest BCUT2D eigenvalue weighted by Crippen LogP contribution is -2.40. The normalized spacial score (nSPS) is 14.4. The van der Waals surface area contributed by atoms with Gasteiger partial charge in [0.2, 0.25) is 0 Å². The maximum atomic E-state index is 5.85. The first kappa shape index (κ1) is 22.5. The Morgan fingerprint density at radius 1 is 1.11 bits per heavy atom. The van der Waals surface area contributed by atoms with Gasteiger partial charge in [-0.05, 0) is 49.5 Å². The zero-order chi connectivity index (χ0) is 20.2. The summed E-state index contributed by atoms with van der Waals surface area (Å²) in [6.07, 6.45) is 2.66. The van der Waals surface area contributed by atoms with E-state index in [4.69, 9.17) is 9.47 Å². The number of nitrogens with one attached hydrogen (secondary N) is 1. The monoisotopic (exact) mass is 390 g/mol. The SMILES string of the molecule is CCN(CC)CCOc1ccc(CNC(=NC)N(C)CCOCC2CC2)cc1. The molecule has 0 bridgehead atoms. The minimum absolute atomic E-state index is 0.722. The van der Waals surface area contributed by atoms with Gasteiger partial charge >= 0.3 is 0 Å². The Bertz CT molecular complexity index is 568. The number of guanidine groups is 1. The molecule has 2 rings (SSSR count). The molecule has 6 nitrogen and oxygen atoms in total. The van der Waals surface area contributed by atoms with E-state index in [1.165, 1.54) is 18.4 Å². The molecular formula is C22H38N4O2. The topological polar surface area (TPSA) is 49.3 Å². The van der Waals surface area contributed by atoms with E-state index in [1.807, 2.05) is 26.2 Å². The van der Waals surface area contributed by atoms with Crippen LogP contribution >= 0.6 is 0 Å². The molecule has 1 aliphatic carbocycles. The van der Waals surface area contributed by atoms with Crippen LogP contribution in [0.1, 0.15) is 32.3 Å². The summed E-state index contributed by atoms with van der Waals surface area (Å²) in [6, 6.07) is 8.28. The molecule has 0 aliphatic heterocycles. The summed E-state index contributed by atoms with van der Waals surface area (Å²) >= 11 is 0. The first-order valence-corrected chi connectivity index (χ1v) is 10.6. The van der Waals surface area contributed by atoms with E-state index in [0.29, 0.717) is 0 Å². The molecule has 1 N–H and O–H groups in total. The van der Waals surface area contributed by atoms with Crippen LogP contribution in [0.4, 0.5) is 0 Å². The highest BCUT2D eigenvalue weighted by molar-refractivity contribution is 5.79. The van der Waals surface area contributed by atoms with Gasteiger partial charge in [0.25, 0.3) is 0 Å². The lowest BCUT2D eigenvalue weighted by atomic mass is 10.2. The van der Waals surface area contributed by atoms with Crippen molar-refractivity contribution in [3.63, 3.8) is 0 Å². The van der Waals surface area contributed by atoms with Gasteiger partial charge in [0, 0.05) is 40.3 Å². The van der Waals surface area contributed by atoms with Crippen LogP contribution in [-0.2, 0) is 11.3 Å². The van der Waals surface area contributed by atoms with Crippen molar-refractivity contribution < 1.29 is 9.47 Å². The van der Waals surface area contributed by atoms with Crippen LogP contribution in [-0.4, -0.2) is 75.9 Å². The molecule has 1 saturated carbocycles. The van der Waals surface area contributed by atoms with Crippen molar-refractivity contribution in [2.75, 3.05) is 60.1 Å². The fraction of sp³-hybridized carbons (Fsp3) is 0.682. The van der Waals surface area contributed by atoms with Crippen molar-refractivity contribution in [2.45, 2.75) is 33.2 Å². The molecule has 0 spiro atoms. The van der Waals surface area contributed by atoms with Crippen LogP contribution in [0, 0.1) is 5.92 Å². The lowest BCUT2D eigenvalue weighted by molar-refractivity contribution is 0.115. The molecule has 1 aliphatic rings. The molecular weight excluding hydrogens is 352 g/mol. The highest BCUT2D eigenvalue weighted by Crippen LogP contribution is 2.28. The maximum absolute atomic E-state index is 5.85. The second-order valence-corrected chi connectivity index (χ2v) is 7.36. The van der Waals surface area contributed by atoms with E-state index in [0.717, 1.165) is 70.2 Å². The minimum Gasteiger partial charge on any atom is -0.492 e. The Labute approximate surface area is 170 Å². The molecule has 0 aromatic heterocycles. The molecule has 1 aromatic carbocycles. The van der Waals surface area contributed by atoms with Gasteiger partial charge in [-0.15, -0.1) is 0 Å². The molecule has 0 radical (unpaired) electrons. The molecule has 158 valence electrons. The van der Waals surface area contributed by atoms with E-state index in [1.54, 1.807) is 0 Å². The van der Waals surface area contributed by atoms with Crippen molar-refractivity contribution in [2.24, 2.45) is 10.9 Å². The average molecular weight is 391 g/mol. The van der Waals surface area contributed by atoms with Gasteiger partial charge < -0.3 is 24.6 Å². The van der Waals surface area contributed by atoms with Gasteiger partial charge in [-0.25, -0.2) is 0 Å². The third kappa shape index (κ3) is 8.48. The van der Waals surface area contributed by atoms with E-state index in [-0.39, 0.29) is 0 Å². The van der Waals surface area contributed by atoms with Crippen molar-refractivity contribution in [1.82, 2.24) is 15.1 Å². The van der Waals surface area contributed by atoms with E-state index in [9.17, 15) is 0 Å². The van der Waals surface area contributed by atoms with Gasteiger partial charge in [-0.2, -0.15) is 0 Å². The zero-order valence-corrected chi connectivity index (χ0v) is 18.1. The van der Waals surface area contributed by atoms with Gasteiger partial charge in [-0.1, -0.05) is 26.0 Å². The average Bonchev–Trinajstić information content (AvgIpc) is 3.54. The third-order valence-corrected chi connectivity index (χ3v) is 5.14. The molecule has 6 heteroatoms. The van der Waals surface area contributed by atoms with Crippen LogP contribution in [0.3, 0.4) is 0 Å². The van der Waals surface area contributed by atoms with Crippen LogP contribution < -0.4 is 10.1 Å². The molecule has 1 aromatic rings. The van der Waals surface area contributed by atoms with Crippen molar-refractivity contribution in [3.05, 3.63) is 29.8 Å². The summed E-state index contributed by atoms with van der Waals surface area (Å²) in [4.78, 5) is 8.83. The predicted octanol–water partition coefficient (Wildman–Crippen LogP) is 2.84. The Hall–Kier alpha value is -1.79. The zero-order valence-electron chi connectivity index (χ0n) is 18.1. The van der Waals surface area contributed by atoms with Crippen molar-refractivity contribution in [1.29, 1.82) is 0 Å². The summed E-state index contributed by atoms with van der Waals surface area (Å²) in [6.45, 7) is 11.4. The highest BCUT2D eigenvalue weighted by Gasteiger charge is 2.21. The maximum Gasteiger partial charge on any atom is 0.193 e. The highest BCUT2D eigenvalue weighted by atomic mass is 16.5. The quantitative estimate of drug-likeness (QED) is 0.319. The van der Waals surface area contributed by atoms with Crippen molar-refractivity contribution >= 4 is 5.96 Å². The predicted molar refractivity (Wildman–Crippen MR) is 116 cm³/mol. The Morgan fingerprint density at radius 3 is 2.43 bits per heavy atom. The summed E-state index contributed by atoms with van der Waals surface area (Å²) in [7, 11) is 3.86. The molecule has 28 heavy (non-hydrogen) atoms. The number of ether oxygens (including phenoxy) is 2. The van der Waals surface area contributed by atoms with E-state index < -0.39 is 0 Å². The molecule has 0 saturated heterocycles. The van der Waals surface area contributed by atoms with Crippen LogP contribution in [0.5, 0.6) is 5.75 Å². The Morgan fingerprint density at radius 2 is 1.82 bits per heavy atom. The lowest BCUT2D eigenvalue weighted by Gasteiger charge is -2.22. The van der Waals surface area contributed by atoms with E-state index in [2.05, 4.69) is 46.1 Å². The molecule has 0 unspecified atom stereocenters. The van der Waals surface area contributed by atoms with Gasteiger partial charge in [0.05, 0.1) is 6.61 Å². The van der Waals surface area contributed by atoms with Crippen molar-refractivity contribution in [3.8, 4) is 5.75 Å². The second kappa shape index (κ2) is 12.6. The number of rotatable bonds is 13. The van der Waals surface area contributed by atoms with Gasteiger partial charge in [0.15, 0.2) is 5.96 Å². The molecule has 0 amide bonds. The number of hydrogen-bond acceptors (Lipinski definition) is 4. The van der Waals surface area contributed by atoms with Gasteiger partial charge in [0.1, 0.15) is 12.4 Å². The fourth-order valence-corrected chi connectivity index (χ4v) is 2.94. The third-order valence-electron chi connectivity index (χ3n) is 5.14. The standard InChI is InChI=1S/C22H38N4O2/c1-5-26(6-2)14-16-28-21-11-9-19(10-12-21)17-24-22(23-3)25(4)13-15-27-18-20-7-8-20/h9-12,20H,5-8,13-18H2,1-4H3,(H,23,24). The molecule has 1 fully saturated rings. The Balaban J connectivity index is 1.66. The van der Waals surface area contributed by atoms with Crippen LogP contribution in [0.2, 0.25) is 0 Å². The van der Waals surface area contributed by atoms with Crippen LogP contribution in [0.15, 0.2) is 29.3 Å². The van der Waals surface area contributed by atoms with Crippen LogP contribution in [0.25, 0.3) is 0 Å². The summed E-state index contributed by atoms with van der Waals surface area (Å²) in [5.41, 5.74) is 1.20. The first-order chi connectivity index (χ1) is 13.7. The fourth-order valence-electron chi connectivity index (χ4n) is 2.94. The van der Waals surface area contributed by atoms with E-state index >= 15 is 0 Å². The largest absolute Gasteiger partial charge is 0.492 e.